The van der Waals surface area contributed by atoms with E-state index in [4.69, 9.17) is 4.74 Å². The van der Waals surface area contributed by atoms with Gasteiger partial charge < -0.3 is 10.1 Å². The van der Waals surface area contributed by atoms with Crippen molar-refractivity contribution in [2.75, 3.05) is 0 Å². The van der Waals surface area contributed by atoms with Crippen molar-refractivity contribution < 1.29 is 9.53 Å². The third-order valence-electron chi connectivity index (χ3n) is 4.63. The number of rotatable bonds is 1. The predicted octanol–water partition coefficient (Wildman–Crippen LogP) is 3.18. The SMILES string of the molecule is C[Si](C)(C)c1ccc2c(c1)C=COC21NC(=O)c2ccccc21. The van der Waals surface area contributed by atoms with Crippen LogP contribution >= 0.6 is 0 Å². The normalized spacial score (nSPS) is 21.6. The number of amides is 1. The van der Waals surface area contributed by atoms with E-state index >= 15 is 0 Å². The van der Waals surface area contributed by atoms with Gasteiger partial charge in [-0.05, 0) is 17.7 Å². The quantitative estimate of drug-likeness (QED) is 0.819. The summed E-state index contributed by atoms with van der Waals surface area (Å²) in [5, 5.41) is 4.45. The van der Waals surface area contributed by atoms with Crippen molar-refractivity contribution >= 4 is 25.2 Å². The van der Waals surface area contributed by atoms with E-state index in [0.717, 1.165) is 16.7 Å². The molecule has 2 aromatic carbocycles. The number of hydrogen-bond donors (Lipinski definition) is 1. The van der Waals surface area contributed by atoms with E-state index in [-0.39, 0.29) is 5.91 Å². The Morgan fingerprint density at radius 1 is 1.04 bits per heavy atom. The molecule has 4 heteroatoms. The summed E-state index contributed by atoms with van der Waals surface area (Å²) in [5.74, 6) is -0.0869. The number of carbonyl (C=O) groups is 1. The highest BCUT2D eigenvalue weighted by Crippen LogP contribution is 2.42. The van der Waals surface area contributed by atoms with Crippen LogP contribution < -0.4 is 10.5 Å². The summed E-state index contributed by atoms with van der Waals surface area (Å²) in [5.41, 5.74) is 2.79. The van der Waals surface area contributed by atoms with E-state index in [1.54, 1.807) is 6.26 Å². The van der Waals surface area contributed by atoms with Gasteiger partial charge in [0.1, 0.15) is 0 Å². The molecule has 0 bridgehead atoms. The van der Waals surface area contributed by atoms with Gasteiger partial charge in [0.05, 0.1) is 14.3 Å². The van der Waals surface area contributed by atoms with Gasteiger partial charge in [-0.1, -0.05) is 61.2 Å². The Kier molecular flexibility index (Phi) is 2.84. The van der Waals surface area contributed by atoms with Gasteiger partial charge in [0.15, 0.2) is 0 Å². The van der Waals surface area contributed by atoms with Crippen LogP contribution in [0.1, 0.15) is 27.0 Å². The fourth-order valence-electron chi connectivity index (χ4n) is 3.35. The maximum atomic E-state index is 12.4. The molecule has 2 aliphatic rings. The smallest absolute Gasteiger partial charge is 0.255 e. The van der Waals surface area contributed by atoms with Gasteiger partial charge in [-0.15, -0.1) is 0 Å². The van der Waals surface area contributed by atoms with Crippen molar-refractivity contribution in [1.29, 1.82) is 0 Å². The van der Waals surface area contributed by atoms with E-state index in [0.29, 0.717) is 5.56 Å². The summed E-state index contributed by atoms with van der Waals surface area (Å²) in [6, 6.07) is 14.2. The van der Waals surface area contributed by atoms with Gasteiger partial charge in [-0.2, -0.15) is 0 Å². The molecule has 0 radical (unpaired) electrons. The van der Waals surface area contributed by atoms with Crippen molar-refractivity contribution in [3.05, 3.63) is 71.0 Å². The van der Waals surface area contributed by atoms with Crippen LogP contribution in [0.2, 0.25) is 19.6 Å². The lowest BCUT2D eigenvalue weighted by atomic mass is 9.89. The van der Waals surface area contributed by atoms with Crippen molar-refractivity contribution in [3.63, 3.8) is 0 Å². The lowest BCUT2D eigenvalue weighted by Gasteiger charge is -2.34. The summed E-state index contributed by atoms with van der Waals surface area (Å²) in [6.45, 7) is 7.00. The van der Waals surface area contributed by atoms with E-state index < -0.39 is 13.8 Å². The van der Waals surface area contributed by atoms with Crippen LogP contribution in [0, 0.1) is 0 Å². The zero-order chi connectivity index (χ0) is 16.2. The Labute approximate surface area is 137 Å². The van der Waals surface area contributed by atoms with Crippen LogP contribution in [-0.2, 0) is 10.5 Å². The summed E-state index contributed by atoms with van der Waals surface area (Å²) < 4.78 is 5.97. The molecule has 1 atom stereocenters. The molecular formula is C19H19NO2Si. The first-order chi connectivity index (χ1) is 10.9. The van der Waals surface area contributed by atoms with E-state index in [2.05, 4.69) is 43.2 Å². The van der Waals surface area contributed by atoms with Crippen LogP contribution in [0.3, 0.4) is 0 Å². The van der Waals surface area contributed by atoms with Gasteiger partial charge in [0, 0.05) is 16.7 Å². The number of hydrogen-bond acceptors (Lipinski definition) is 2. The Bertz CT molecular complexity index is 851. The molecule has 0 fully saturated rings. The van der Waals surface area contributed by atoms with Gasteiger partial charge in [0.2, 0.25) is 5.72 Å². The van der Waals surface area contributed by atoms with Crippen molar-refractivity contribution in [3.8, 4) is 0 Å². The fraction of sp³-hybridized carbons (Fsp3) is 0.211. The molecular weight excluding hydrogens is 302 g/mol. The van der Waals surface area contributed by atoms with Crippen LogP contribution in [-0.4, -0.2) is 14.0 Å². The highest BCUT2D eigenvalue weighted by Gasteiger charge is 2.48. The van der Waals surface area contributed by atoms with E-state index in [1.807, 2.05) is 30.3 Å². The van der Waals surface area contributed by atoms with E-state index in [9.17, 15) is 4.79 Å². The second-order valence-electron chi connectivity index (χ2n) is 7.15. The summed E-state index contributed by atoms with van der Waals surface area (Å²) in [7, 11) is -1.39. The molecule has 1 amide bonds. The maximum absolute atomic E-state index is 12.4. The van der Waals surface area contributed by atoms with Crippen LogP contribution in [0.15, 0.2) is 48.7 Å². The fourth-order valence-corrected chi connectivity index (χ4v) is 4.52. The highest BCUT2D eigenvalue weighted by molar-refractivity contribution is 6.88. The molecule has 1 N–H and O–H groups in total. The van der Waals surface area contributed by atoms with Gasteiger partial charge in [0.25, 0.3) is 5.91 Å². The molecule has 0 saturated heterocycles. The average Bonchev–Trinajstić information content (AvgIpc) is 2.80. The number of ether oxygens (including phenoxy) is 1. The molecule has 2 aliphatic heterocycles. The standard InChI is InChI=1S/C19H19NO2Si/c1-23(2,3)14-8-9-16-13(12-14)10-11-22-19(16)17-7-5-4-6-15(17)18(21)20-19/h4-12H,1-3H3,(H,20,21). The first-order valence-electron chi connectivity index (χ1n) is 7.83. The van der Waals surface area contributed by atoms with Gasteiger partial charge in [-0.25, -0.2) is 0 Å². The summed E-state index contributed by atoms with van der Waals surface area (Å²) in [4.78, 5) is 12.4. The molecule has 0 aromatic heterocycles. The Hall–Kier alpha value is -2.33. The number of benzene rings is 2. The van der Waals surface area contributed by atoms with Gasteiger partial charge >= 0.3 is 0 Å². The minimum atomic E-state index is -1.39. The summed E-state index contributed by atoms with van der Waals surface area (Å²) >= 11 is 0. The molecule has 2 aromatic rings. The number of carbonyl (C=O) groups excluding carboxylic acids is 1. The lowest BCUT2D eigenvalue weighted by molar-refractivity contribution is 0.0306. The molecule has 4 rings (SSSR count). The first-order valence-corrected chi connectivity index (χ1v) is 11.3. The minimum absolute atomic E-state index is 0.0869. The zero-order valence-corrected chi connectivity index (χ0v) is 14.5. The molecule has 0 aliphatic carbocycles. The van der Waals surface area contributed by atoms with Crippen LogP contribution in [0.4, 0.5) is 0 Å². The average molecular weight is 321 g/mol. The van der Waals surface area contributed by atoms with Crippen molar-refractivity contribution in [2.24, 2.45) is 0 Å². The third-order valence-corrected chi connectivity index (χ3v) is 6.67. The third kappa shape index (κ3) is 1.98. The van der Waals surface area contributed by atoms with Crippen LogP contribution in [0.25, 0.3) is 6.08 Å². The largest absolute Gasteiger partial charge is 0.467 e. The molecule has 3 nitrogen and oxygen atoms in total. The lowest BCUT2D eigenvalue weighted by Crippen LogP contribution is -2.44. The summed E-state index contributed by atoms with van der Waals surface area (Å²) in [6.07, 6.45) is 3.68. The second kappa shape index (κ2) is 4.58. The topological polar surface area (TPSA) is 38.3 Å². The molecule has 1 spiro atoms. The molecule has 2 heterocycles. The highest BCUT2D eigenvalue weighted by atomic mass is 28.3. The predicted molar refractivity (Wildman–Crippen MR) is 94.2 cm³/mol. The second-order valence-corrected chi connectivity index (χ2v) is 12.2. The minimum Gasteiger partial charge on any atom is -0.467 e. The van der Waals surface area contributed by atoms with E-state index in [1.165, 1.54) is 5.19 Å². The Morgan fingerprint density at radius 2 is 1.83 bits per heavy atom. The molecule has 0 saturated carbocycles. The Morgan fingerprint density at radius 3 is 2.61 bits per heavy atom. The maximum Gasteiger partial charge on any atom is 0.255 e. The molecule has 116 valence electrons. The monoisotopic (exact) mass is 321 g/mol. The number of fused-ring (bicyclic) bond motifs is 4. The zero-order valence-electron chi connectivity index (χ0n) is 13.5. The Balaban J connectivity index is 1.93. The van der Waals surface area contributed by atoms with Crippen molar-refractivity contribution in [2.45, 2.75) is 25.4 Å². The van der Waals surface area contributed by atoms with Gasteiger partial charge in [-0.3, -0.25) is 4.79 Å². The molecule has 23 heavy (non-hydrogen) atoms. The van der Waals surface area contributed by atoms with Crippen molar-refractivity contribution in [1.82, 2.24) is 5.32 Å². The number of nitrogens with one attached hydrogen (secondary N) is 1. The first kappa shape index (κ1) is 14.3. The van der Waals surface area contributed by atoms with Crippen LogP contribution in [0.5, 0.6) is 0 Å². The molecule has 1 unspecified atom stereocenters.